The second-order valence-electron chi connectivity index (χ2n) is 10.8. The van der Waals surface area contributed by atoms with Gasteiger partial charge < -0.3 is 24.2 Å². The number of aliphatic hydroxyl groups excluding tert-OH is 1. The second kappa shape index (κ2) is 9.65. The normalized spacial score (nSPS) is 23.2. The van der Waals surface area contributed by atoms with Crippen molar-refractivity contribution in [2.75, 3.05) is 12.9 Å². The summed E-state index contributed by atoms with van der Waals surface area (Å²) in [5, 5.41) is 10.1. The van der Waals surface area contributed by atoms with Crippen LogP contribution in [-0.2, 0) is 33.6 Å². The number of esters is 1. The number of fused-ring (bicyclic) bond motifs is 2. The fraction of sp³-hybridized carbons (Fsp3) is 0.583. The largest absolute Gasteiger partial charge is 0.511 e. The van der Waals surface area contributed by atoms with Gasteiger partial charge in [-0.3, -0.25) is 9.20 Å². The van der Waals surface area contributed by atoms with Gasteiger partial charge in [0, 0.05) is 30.9 Å². The molecule has 1 fully saturated rings. The van der Waals surface area contributed by atoms with Crippen molar-refractivity contribution >= 4 is 49.6 Å². The van der Waals surface area contributed by atoms with Crippen molar-refractivity contribution in [3.8, 4) is 0 Å². The molecular weight excluding hydrogens is 538 g/mol. The Morgan fingerprint density at radius 2 is 1.89 bits per heavy atom. The summed E-state index contributed by atoms with van der Waals surface area (Å²) in [6.45, 7) is 10.4. The van der Waals surface area contributed by atoms with Crippen molar-refractivity contribution in [1.29, 1.82) is 0 Å². The minimum absolute atomic E-state index is 0.0405. The van der Waals surface area contributed by atoms with E-state index in [1.165, 1.54) is 25.1 Å². The zero-order valence-corrected chi connectivity index (χ0v) is 23.8. The van der Waals surface area contributed by atoms with Crippen LogP contribution in [0.4, 0.5) is 4.79 Å². The van der Waals surface area contributed by atoms with E-state index < -0.39 is 52.2 Å². The fourth-order valence-corrected chi connectivity index (χ4v) is 7.07. The minimum Gasteiger partial charge on any atom is -0.434 e. The molecule has 208 valence electrons. The van der Waals surface area contributed by atoms with Crippen LogP contribution in [0.2, 0.25) is 0 Å². The van der Waals surface area contributed by atoms with Crippen molar-refractivity contribution < 1.29 is 42.1 Å². The fourth-order valence-electron chi connectivity index (χ4n) is 4.72. The smallest absolute Gasteiger partial charge is 0.434 e. The van der Waals surface area contributed by atoms with Gasteiger partial charge in [0.15, 0.2) is 14.9 Å². The Labute approximate surface area is 224 Å². The monoisotopic (exact) mass is 569 g/mol. The Hall–Kier alpha value is -2.97. The Morgan fingerprint density at radius 1 is 1.24 bits per heavy atom. The first-order chi connectivity index (χ1) is 17.5. The average Bonchev–Trinajstić information content (AvgIpc) is 3.40. The standard InChI is InChI=1S/C24H31N3O9S2/c1-11-15(14-8-26-10-25-19(21(26)37-14)38(7,32)33)18(27-17(11)16(12(2)28)20(27)29)22(30)35-13(3)36-23(31)34-9-24(4,5)6/h8,10-13,16-17,28H,9H2,1-7H3/t11-,12+,13?,16+,17+/m0/s1. The van der Waals surface area contributed by atoms with Crippen LogP contribution in [0.3, 0.4) is 0 Å². The highest BCUT2D eigenvalue weighted by atomic mass is 32.2. The Kier molecular flexibility index (Phi) is 7.12. The molecule has 38 heavy (non-hydrogen) atoms. The summed E-state index contributed by atoms with van der Waals surface area (Å²) < 4.78 is 41.4. The summed E-state index contributed by atoms with van der Waals surface area (Å²) in [7, 11) is -3.61. The quantitative estimate of drug-likeness (QED) is 0.299. The number of ether oxygens (including phenoxy) is 3. The van der Waals surface area contributed by atoms with Gasteiger partial charge in [-0.2, -0.15) is 0 Å². The van der Waals surface area contributed by atoms with Gasteiger partial charge in [-0.1, -0.05) is 27.7 Å². The number of amides is 1. The molecule has 4 heterocycles. The summed E-state index contributed by atoms with van der Waals surface area (Å²) in [6.07, 6.45) is 0.793. The van der Waals surface area contributed by atoms with Crippen LogP contribution in [0.5, 0.6) is 0 Å². The van der Waals surface area contributed by atoms with E-state index in [1.54, 1.807) is 10.6 Å². The molecule has 1 amide bonds. The topological polar surface area (TPSA) is 154 Å². The maximum Gasteiger partial charge on any atom is 0.511 e. The zero-order valence-electron chi connectivity index (χ0n) is 22.1. The van der Waals surface area contributed by atoms with Crippen LogP contribution in [0.15, 0.2) is 23.2 Å². The number of β-lactam (4-membered cyclic amide) rings is 1. The molecule has 0 bridgehead atoms. The number of rotatable bonds is 7. The van der Waals surface area contributed by atoms with Gasteiger partial charge in [-0.05, 0) is 12.3 Å². The van der Waals surface area contributed by atoms with E-state index in [-0.39, 0.29) is 28.7 Å². The van der Waals surface area contributed by atoms with Crippen LogP contribution in [0, 0.1) is 17.3 Å². The number of nitrogens with zero attached hydrogens (tertiary/aromatic N) is 3. The molecule has 14 heteroatoms. The first kappa shape index (κ1) is 28.0. The number of hydrogen-bond donors (Lipinski definition) is 1. The molecule has 5 atom stereocenters. The first-order valence-corrected chi connectivity index (χ1v) is 14.7. The van der Waals surface area contributed by atoms with E-state index in [4.69, 9.17) is 14.2 Å². The van der Waals surface area contributed by atoms with Gasteiger partial charge in [0.25, 0.3) is 0 Å². The molecule has 4 rings (SSSR count). The van der Waals surface area contributed by atoms with E-state index >= 15 is 0 Å². The van der Waals surface area contributed by atoms with E-state index in [9.17, 15) is 27.9 Å². The molecule has 0 saturated carbocycles. The lowest BCUT2D eigenvalue weighted by Crippen LogP contribution is -2.63. The number of thiazole rings is 1. The lowest BCUT2D eigenvalue weighted by molar-refractivity contribution is -0.173. The Morgan fingerprint density at radius 3 is 2.47 bits per heavy atom. The van der Waals surface area contributed by atoms with E-state index in [0.29, 0.717) is 15.3 Å². The molecule has 2 aliphatic heterocycles. The Bertz CT molecular complexity index is 1430. The number of aliphatic hydroxyl groups is 1. The molecule has 0 aliphatic carbocycles. The summed E-state index contributed by atoms with van der Waals surface area (Å²) in [4.78, 5) is 44.6. The van der Waals surface area contributed by atoms with E-state index in [1.807, 2.05) is 27.7 Å². The SMILES string of the molecule is CC(OC(=O)OCC(C)(C)C)OC(=O)C1=C(c2cn3cnc(S(C)(=O)=O)c3s2)[C@H](C)[C@@H]2[C@@H]([C@@H](C)O)C(=O)N12. The predicted molar refractivity (Wildman–Crippen MR) is 136 cm³/mol. The minimum atomic E-state index is -3.61. The lowest BCUT2D eigenvalue weighted by Gasteiger charge is -2.46. The molecule has 0 spiro atoms. The third-order valence-corrected chi connectivity index (χ3v) is 8.59. The van der Waals surface area contributed by atoms with Crippen molar-refractivity contribution in [3.05, 3.63) is 23.1 Å². The van der Waals surface area contributed by atoms with Crippen LogP contribution < -0.4 is 0 Å². The van der Waals surface area contributed by atoms with Crippen molar-refractivity contribution in [2.24, 2.45) is 17.3 Å². The van der Waals surface area contributed by atoms with Crippen LogP contribution in [0.1, 0.15) is 46.4 Å². The van der Waals surface area contributed by atoms with Crippen LogP contribution in [0.25, 0.3) is 10.4 Å². The highest BCUT2D eigenvalue weighted by Crippen LogP contribution is 2.52. The van der Waals surface area contributed by atoms with Crippen molar-refractivity contribution in [2.45, 2.75) is 65.0 Å². The van der Waals surface area contributed by atoms with Crippen molar-refractivity contribution in [3.63, 3.8) is 0 Å². The van der Waals surface area contributed by atoms with Gasteiger partial charge in [0.05, 0.1) is 29.5 Å². The number of carbonyl (C=O) groups excluding carboxylic acids is 3. The summed E-state index contributed by atoms with van der Waals surface area (Å²) in [5.41, 5.74) is 0.137. The third kappa shape index (κ3) is 5.04. The molecule has 2 aromatic rings. The molecule has 1 saturated heterocycles. The molecular formula is C24H31N3O9S2. The van der Waals surface area contributed by atoms with E-state index in [0.717, 1.165) is 17.6 Å². The zero-order chi connectivity index (χ0) is 28.3. The molecule has 0 aromatic carbocycles. The second-order valence-corrected chi connectivity index (χ2v) is 13.8. The predicted octanol–water partition coefficient (Wildman–Crippen LogP) is 2.46. The first-order valence-electron chi connectivity index (χ1n) is 12.0. The molecule has 1 N–H and O–H groups in total. The van der Waals surface area contributed by atoms with Gasteiger partial charge in [0.2, 0.25) is 12.2 Å². The number of imidazole rings is 1. The summed E-state index contributed by atoms with van der Waals surface area (Å²) >= 11 is 1.11. The average molecular weight is 570 g/mol. The summed E-state index contributed by atoms with van der Waals surface area (Å²) in [6, 6.07) is -0.498. The van der Waals surface area contributed by atoms with Gasteiger partial charge >= 0.3 is 12.1 Å². The number of aromatic nitrogens is 2. The number of sulfone groups is 1. The Balaban J connectivity index is 1.67. The molecule has 2 aromatic heterocycles. The van der Waals surface area contributed by atoms with Crippen LogP contribution >= 0.6 is 11.3 Å². The highest BCUT2D eigenvalue weighted by Gasteiger charge is 2.60. The maximum absolute atomic E-state index is 13.4. The van der Waals surface area contributed by atoms with Crippen molar-refractivity contribution in [1.82, 2.24) is 14.3 Å². The highest BCUT2D eigenvalue weighted by molar-refractivity contribution is 7.91. The maximum atomic E-state index is 13.4. The molecule has 12 nitrogen and oxygen atoms in total. The molecule has 1 unspecified atom stereocenters. The number of hydrogen-bond acceptors (Lipinski definition) is 11. The molecule has 2 aliphatic rings. The lowest BCUT2D eigenvalue weighted by atomic mass is 9.77. The van der Waals surface area contributed by atoms with Crippen LogP contribution in [-0.4, -0.2) is 77.1 Å². The van der Waals surface area contributed by atoms with Gasteiger partial charge in [0.1, 0.15) is 16.9 Å². The van der Waals surface area contributed by atoms with E-state index in [2.05, 4.69) is 4.98 Å². The summed E-state index contributed by atoms with van der Waals surface area (Å²) in [5.74, 6) is -2.44. The third-order valence-electron chi connectivity index (χ3n) is 6.32. The molecule has 0 radical (unpaired) electrons. The number of carbonyl (C=O) groups is 3. The van der Waals surface area contributed by atoms with Gasteiger partial charge in [-0.15, -0.1) is 11.3 Å². The van der Waals surface area contributed by atoms with Gasteiger partial charge in [-0.25, -0.2) is 23.0 Å².